The fourth-order valence-corrected chi connectivity index (χ4v) is 0.933. The fraction of sp³-hybridized carbons (Fsp3) is 0.556. The van der Waals surface area contributed by atoms with Gasteiger partial charge in [-0.3, -0.25) is 10.2 Å². The largest absolute Gasteiger partial charge is 0.390 e. The SMILES string of the molecule is CCCCCN/C=C(\C(=N)N)C(N)=O. The lowest BCUT2D eigenvalue weighted by molar-refractivity contribution is -0.114. The van der Waals surface area contributed by atoms with Crippen molar-refractivity contribution in [2.24, 2.45) is 11.5 Å². The second-order valence-corrected chi connectivity index (χ2v) is 3.00. The van der Waals surface area contributed by atoms with Crippen LogP contribution in [0.2, 0.25) is 0 Å². The van der Waals surface area contributed by atoms with Crippen molar-refractivity contribution in [1.82, 2.24) is 5.32 Å². The minimum Gasteiger partial charge on any atom is -0.390 e. The van der Waals surface area contributed by atoms with Crippen LogP contribution in [0.5, 0.6) is 0 Å². The number of carbonyl (C=O) groups excluding carboxylic acids is 1. The Kier molecular flexibility index (Phi) is 6.19. The van der Waals surface area contributed by atoms with E-state index in [1.807, 2.05) is 0 Å². The third-order valence-corrected chi connectivity index (χ3v) is 1.73. The minimum atomic E-state index is -0.680. The Labute approximate surface area is 84.0 Å². The summed E-state index contributed by atoms with van der Waals surface area (Å²) in [6.07, 6.45) is 4.70. The van der Waals surface area contributed by atoms with E-state index in [4.69, 9.17) is 16.9 Å². The predicted molar refractivity (Wildman–Crippen MR) is 56.7 cm³/mol. The maximum Gasteiger partial charge on any atom is 0.253 e. The first-order valence-electron chi connectivity index (χ1n) is 4.67. The number of amidine groups is 1. The zero-order valence-electron chi connectivity index (χ0n) is 8.47. The summed E-state index contributed by atoms with van der Waals surface area (Å²) in [6.45, 7) is 2.87. The number of nitrogens with one attached hydrogen (secondary N) is 2. The Morgan fingerprint density at radius 1 is 1.43 bits per heavy atom. The highest BCUT2D eigenvalue weighted by molar-refractivity contribution is 6.18. The number of hydrogen-bond donors (Lipinski definition) is 4. The minimum absolute atomic E-state index is 0.0292. The van der Waals surface area contributed by atoms with Gasteiger partial charge in [0.1, 0.15) is 5.84 Å². The fourth-order valence-electron chi connectivity index (χ4n) is 0.933. The van der Waals surface area contributed by atoms with Gasteiger partial charge in [-0.15, -0.1) is 0 Å². The van der Waals surface area contributed by atoms with Gasteiger partial charge in [-0.25, -0.2) is 0 Å². The normalized spacial score (nSPS) is 11.1. The molecule has 0 unspecified atom stereocenters. The molecule has 0 aromatic heterocycles. The van der Waals surface area contributed by atoms with Crippen molar-refractivity contribution < 1.29 is 4.79 Å². The van der Waals surface area contributed by atoms with Gasteiger partial charge in [0.15, 0.2) is 0 Å². The summed E-state index contributed by atoms with van der Waals surface area (Å²) < 4.78 is 0. The van der Waals surface area contributed by atoms with Crippen LogP contribution in [0, 0.1) is 5.41 Å². The summed E-state index contributed by atoms with van der Waals surface area (Å²) >= 11 is 0. The molecule has 0 aliphatic rings. The van der Waals surface area contributed by atoms with E-state index in [1.165, 1.54) is 6.20 Å². The Morgan fingerprint density at radius 3 is 2.50 bits per heavy atom. The van der Waals surface area contributed by atoms with Gasteiger partial charge in [0.05, 0.1) is 5.57 Å². The number of rotatable bonds is 7. The molecule has 5 heteroatoms. The molecule has 6 N–H and O–H groups in total. The summed E-state index contributed by atoms with van der Waals surface area (Å²) in [5.41, 5.74) is 10.2. The van der Waals surface area contributed by atoms with E-state index >= 15 is 0 Å². The molecule has 0 aromatic rings. The van der Waals surface area contributed by atoms with E-state index in [0.717, 1.165) is 25.8 Å². The van der Waals surface area contributed by atoms with Gasteiger partial charge in [0, 0.05) is 12.7 Å². The van der Waals surface area contributed by atoms with Gasteiger partial charge >= 0.3 is 0 Å². The number of hydrogen-bond acceptors (Lipinski definition) is 3. The van der Waals surface area contributed by atoms with Crippen molar-refractivity contribution in [2.75, 3.05) is 6.54 Å². The molecule has 0 fully saturated rings. The quantitative estimate of drug-likeness (QED) is 0.201. The van der Waals surface area contributed by atoms with Crippen LogP contribution >= 0.6 is 0 Å². The molecule has 0 atom stereocenters. The summed E-state index contributed by atoms with van der Waals surface area (Å²) in [4.78, 5) is 10.8. The highest BCUT2D eigenvalue weighted by Crippen LogP contribution is 1.93. The molecule has 0 saturated heterocycles. The Bertz CT molecular complexity index is 219. The Hall–Kier alpha value is -1.52. The molecule has 0 saturated carbocycles. The van der Waals surface area contributed by atoms with Crippen LogP contribution in [0.4, 0.5) is 0 Å². The van der Waals surface area contributed by atoms with Crippen molar-refractivity contribution in [3.8, 4) is 0 Å². The average Bonchev–Trinajstić information content (AvgIpc) is 2.09. The number of nitrogens with two attached hydrogens (primary N) is 2. The van der Waals surface area contributed by atoms with Crippen LogP contribution in [-0.2, 0) is 4.79 Å². The summed E-state index contributed by atoms with van der Waals surface area (Å²) in [5.74, 6) is -0.985. The van der Waals surface area contributed by atoms with Crippen molar-refractivity contribution in [2.45, 2.75) is 26.2 Å². The third-order valence-electron chi connectivity index (χ3n) is 1.73. The molecular weight excluding hydrogens is 180 g/mol. The highest BCUT2D eigenvalue weighted by Gasteiger charge is 2.06. The molecule has 0 rings (SSSR count). The maximum atomic E-state index is 10.8. The van der Waals surface area contributed by atoms with Gasteiger partial charge in [0.2, 0.25) is 0 Å². The number of primary amides is 1. The van der Waals surface area contributed by atoms with E-state index in [-0.39, 0.29) is 11.4 Å². The van der Waals surface area contributed by atoms with Gasteiger partial charge < -0.3 is 16.8 Å². The van der Waals surface area contributed by atoms with E-state index in [2.05, 4.69) is 12.2 Å². The van der Waals surface area contributed by atoms with Crippen LogP contribution < -0.4 is 16.8 Å². The smallest absolute Gasteiger partial charge is 0.253 e. The van der Waals surface area contributed by atoms with Gasteiger partial charge in [-0.1, -0.05) is 19.8 Å². The molecule has 0 aliphatic heterocycles. The van der Waals surface area contributed by atoms with E-state index in [1.54, 1.807) is 0 Å². The lowest BCUT2D eigenvalue weighted by Gasteiger charge is -2.03. The first-order valence-corrected chi connectivity index (χ1v) is 4.67. The molecule has 5 nitrogen and oxygen atoms in total. The Balaban J connectivity index is 3.93. The third kappa shape index (κ3) is 5.18. The van der Waals surface area contributed by atoms with E-state index < -0.39 is 5.91 Å². The van der Waals surface area contributed by atoms with Crippen LogP contribution in [0.25, 0.3) is 0 Å². The summed E-state index contributed by atoms with van der Waals surface area (Å²) in [7, 11) is 0. The van der Waals surface area contributed by atoms with Gasteiger partial charge in [-0.2, -0.15) is 0 Å². The van der Waals surface area contributed by atoms with Crippen molar-refractivity contribution in [3.63, 3.8) is 0 Å². The molecule has 0 aliphatic carbocycles. The van der Waals surface area contributed by atoms with Crippen molar-refractivity contribution >= 4 is 11.7 Å². The first-order chi connectivity index (χ1) is 6.59. The van der Waals surface area contributed by atoms with Crippen LogP contribution in [0.3, 0.4) is 0 Å². The molecule has 0 heterocycles. The van der Waals surface area contributed by atoms with Gasteiger partial charge in [-0.05, 0) is 6.42 Å². The number of carbonyl (C=O) groups is 1. The highest BCUT2D eigenvalue weighted by atomic mass is 16.1. The van der Waals surface area contributed by atoms with E-state index in [0.29, 0.717) is 0 Å². The lowest BCUT2D eigenvalue weighted by Crippen LogP contribution is -2.27. The van der Waals surface area contributed by atoms with Crippen LogP contribution in [-0.4, -0.2) is 18.3 Å². The molecule has 0 bridgehead atoms. The van der Waals surface area contributed by atoms with E-state index in [9.17, 15) is 4.79 Å². The topological polar surface area (TPSA) is 105 Å². The standard InChI is InChI=1S/C9H18N4O/c1-2-3-4-5-13-6-7(8(10)11)9(12)14/h6,13H,2-5H2,1H3,(H3,10,11)(H2,12,14)/b7-6+. The second kappa shape index (κ2) is 6.94. The number of unbranched alkanes of at least 4 members (excludes halogenated alkanes) is 2. The maximum absolute atomic E-state index is 10.8. The van der Waals surface area contributed by atoms with Crippen molar-refractivity contribution in [3.05, 3.63) is 11.8 Å². The van der Waals surface area contributed by atoms with Crippen LogP contribution in [0.15, 0.2) is 11.8 Å². The monoisotopic (exact) mass is 198 g/mol. The van der Waals surface area contributed by atoms with Gasteiger partial charge in [0.25, 0.3) is 5.91 Å². The molecule has 0 spiro atoms. The number of amides is 1. The Morgan fingerprint density at radius 2 is 2.07 bits per heavy atom. The molecule has 80 valence electrons. The van der Waals surface area contributed by atoms with Crippen molar-refractivity contribution in [1.29, 1.82) is 5.41 Å². The lowest BCUT2D eigenvalue weighted by atomic mass is 10.2. The molecule has 0 radical (unpaired) electrons. The molecule has 0 aromatic carbocycles. The predicted octanol–water partition coefficient (Wildman–Crippen LogP) is 0.0714. The zero-order chi connectivity index (χ0) is 11.0. The summed E-state index contributed by atoms with van der Waals surface area (Å²) in [6, 6.07) is 0. The molecular formula is C9H18N4O. The zero-order valence-corrected chi connectivity index (χ0v) is 8.47. The first kappa shape index (κ1) is 12.5. The molecule has 1 amide bonds. The summed E-state index contributed by atoms with van der Waals surface area (Å²) in [5, 5.41) is 9.97. The second-order valence-electron chi connectivity index (χ2n) is 3.00. The average molecular weight is 198 g/mol. The molecule has 14 heavy (non-hydrogen) atoms. The van der Waals surface area contributed by atoms with Crippen LogP contribution in [0.1, 0.15) is 26.2 Å².